The van der Waals surface area contributed by atoms with Gasteiger partial charge in [0.25, 0.3) is 28.3 Å². The van der Waals surface area contributed by atoms with Crippen LogP contribution in [0.1, 0.15) is 54.1 Å². The van der Waals surface area contributed by atoms with Crippen molar-refractivity contribution in [2.75, 3.05) is 7.05 Å². The van der Waals surface area contributed by atoms with Gasteiger partial charge in [0.1, 0.15) is 12.4 Å². The number of hydrogen-bond acceptors (Lipinski definition) is 17. The van der Waals surface area contributed by atoms with Crippen molar-refractivity contribution in [1.82, 2.24) is 14.6 Å². The Morgan fingerprint density at radius 1 is 0.949 bits per heavy atom. The third-order valence-corrected chi connectivity index (χ3v) is 10.7. The highest BCUT2D eigenvalue weighted by Gasteiger charge is 2.52. The zero-order valence-corrected chi connectivity index (χ0v) is 30.8. The molecule has 59 heavy (non-hydrogen) atoms. The number of aromatic hydroxyl groups is 1. The van der Waals surface area contributed by atoms with Crippen LogP contribution in [0.3, 0.4) is 0 Å². The quantitative estimate of drug-likeness (QED) is 0.108. The number of phenolic OH excluding ortho intramolecular Hbond substituents is 1. The second-order valence-corrected chi connectivity index (χ2v) is 13.9. The smallest absolute Gasteiger partial charge is 0.355 e. The number of aromatic nitrogens is 2. The highest BCUT2D eigenvalue weighted by atomic mass is 16.7. The topological polar surface area (TPSA) is 293 Å². The van der Waals surface area contributed by atoms with E-state index in [1.807, 2.05) is 0 Å². The number of hydroxylamine groups is 2. The number of nitro benzene ring substituents is 4. The Balaban J connectivity index is 1.17. The van der Waals surface area contributed by atoms with Gasteiger partial charge in [-0.1, -0.05) is 6.92 Å². The van der Waals surface area contributed by atoms with E-state index in [1.165, 1.54) is 43.7 Å². The van der Waals surface area contributed by atoms with E-state index in [9.17, 15) is 59.9 Å². The molecule has 0 amide bonds. The van der Waals surface area contributed by atoms with Crippen LogP contribution >= 0.6 is 0 Å². The molecule has 0 radical (unpaired) electrons. The van der Waals surface area contributed by atoms with Crippen molar-refractivity contribution < 1.29 is 48.7 Å². The first-order valence-electron chi connectivity index (χ1n) is 17.6. The first kappa shape index (κ1) is 38.2. The van der Waals surface area contributed by atoms with Gasteiger partial charge in [-0.05, 0) is 54.8 Å². The largest absolute Gasteiger partial charge is 0.508 e. The van der Waals surface area contributed by atoms with Gasteiger partial charge in [0.15, 0.2) is 6.10 Å². The number of carbonyl (C=O) groups is 2. The molecule has 300 valence electrons. The summed E-state index contributed by atoms with van der Waals surface area (Å²) in [6.07, 6.45) is -1.89. The second-order valence-electron chi connectivity index (χ2n) is 13.9. The van der Waals surface area contributed by atoms with Crippen molar-refractivity contribution in [3.05, 3.63) is 133 Å². The Morgan fingerprint density at radius 2 is 1.56 bits per heavy atom. The zero-order chi connectivity index (χ0) is 42.4. The van der Waals surface area contributed by atoms with Crippen LogP contribution in [0.5, 0.6) is 5.75 Å². The van der Waals surface area contributed by atoms with Crippen LogP contribution in [0.15, 0.2) is 59.4 Å². The number of hydrogen-bond donors (Lipinski definition) is 1. The Morgan fingerprint density at radius 3 is 2.12 bits per heavy atom. The third kappa shape index (κ3) is 5.79. The maximum Gasteiger partial charge on any atom is 0.355 e. The highest BCUT2D eigenvalue weighted by molar-refractivity contribution is 5.93. The van der Waals surface area contributed by atoms with E-state index in [-0.39, 0.29) is 41.0 Å². The molecule has 0 spiro atoms. The lowest BCUT2D eigenvalue weighted by atomic mass is 9.85. The van der Waals surface area contributed by atoms with Crippen LogP contribution < -0.4 is 5.56 Å². The first-order chi connectivity index (χ1) is 27.9. The summed E-state index contributed by atoms with van der Waals surface area (Å²) in [6.45, 7) is 2.40. The standard InChI is InChI=1S/C37H27N7O15/c1-4-37(25-13-29-32-18(7-17-8-21(45)5-6-26(17)38-32)14-40(29)34(46)24(25)15-57-36(37)48)58-35(47)16(2)59-39(3)33-22-9-19(41(49)50)11-27(43(53)54)30(22)31-23(33)10-20(42(51)52)12-28(31)44(55)56/h5-13,16,33,45H,4,14-15H2,1-3H3/t16-,37+/m1/s1. The van der Waals surface area contributed by atoms with Crippen molar-refractivity contribution in [2.45, 2.75) is 51.2 Å². The summed E-state index contributed by atoms with van der Waals surface area (Å²) in [6, 6.07) is 9.38. The predicted molar refractivity (Wildman–Crippen MR) is 199 cm³/mol. The zero-order valence-electron chi connectivity index (χ0n) is 30.8. The molecular formula is C37H27N7O15. The Labute approximate surface area is 328 Å². The number of esters is 2. The van der Waals surface area contributed by atoms with Gasteiger partial charge in [0, 0.05) is 35.7 Å². The van der Waals surface area contributed by atoms with Crippen LogP contribution in [0.25, 0.3) is 33.4 Å². The molecule has 5 aromatic rings. The van der Waals surface area contributed by atoms with Gasteiger partial charge in [-0.3, -0.25) is 50.1 Å². The number of rotatable bonds is 10. The number of ether oxygens (including phenoxy) is 2. The molecule has 22 heteroatoms. The molecule has 1 N–H and O–H groups in total. The lowest BCUT2D eigenvalue weighted by Gasteiger charge is -2.36. The van der Waals surface area contributed by atoms with Crippen molar-refractivity contribution in [3.63, 3.8) is 0 Å². The van der Waals surface area contributed by atoms with Gasteiger partial charge in [0.05, 0.1) is 78.0 Å². The minimum Gasteiger partial charge on any atom is -0.508 e. The summed E-state index contributed by atoms with van der Waals surface area (Å²) < 4.78 is 12.7. The van der Waals surface area contributed by atoms with E-state index >= 15 is 0 Å². The van der Waals surface area contributed by atoms with Gasteiger partial charge in [-0.15, -0.1) is 0 Å². The molecule has 3 aliphatic rings. The third-order valence-electron chi connectivity index (χ3n) is 10.7. The fourth-order valence-electron chi connectivity index (χ4n) is 8.04. The number of fused-ring (bicyclic) bond motifs is 8. The van der Waals surface area contributed by atoms with Crippen molar-refractivity contribution >= 4 is 45.6 Å². The van der Waals surface area contributed by atoms with Gasteiger partial charge < -0.3 is 19.1 Å². The summed E-state index contributed by atoms with van der Waals surface area (Å²) in [5.74, 6) is -2.17. The molecule has 0 saturated heterocycles. The molecule has 22 nitrogen and oxygen atoms in total. The summed E-state index contributed by atoms with van der Waals surface area (Å²) in [5, 5.41) is 59.8. The van der Waals surface area contributed by atoms with Crippen molar-refractivity contribution in [2.24, 2.45) is 0 Å². The Kier molecular flexibility index (Phi) is 8.70. The summed E-state index contributed by atoms with van der Waals surface area (Å²) in [4.78, 5) is 96.6. The maximum atomic E-state index is 14.0. The molecule has 0 bridgehead atoms. The lowest BCUT2D eigenvalue weighted by Crippen LogP contribution is -2.49. The lowest BCUT2D eigenvalue weighted by molar-refractivity contribution is -0.395. The molecule has 2 atom stereocenters. The van der Waals surface area contributed by atoms with Crippen LogP contribution in [-0.2, 0) is 42.7 Å². The summed E-state index contributed by atoms with van der Waals surface area (Å²) in [7, 11) is 1.18. The monoisotopic (exact) mass is 809 g/mol. The molecular weight excluding hydrogens is 782 g/mol. The molecule has 3 aromatic carbocycles. The van der Waals surface area contributed by atoms with Crippen LogP contribution in [0.2, 0.25) is 0 Å². The molecule has 1 aliphatic carbocycles. The van der Waals surface area contributed by atoms with Crippen molar-refractivity contribution in [1.29, 1.82) is 0 Å². The Hall–Kier alpha value is -7.72. The minimum atomic E-state index is -2.18. The molecule has 2 aliphatic heterocycles. The van der Waals surface area contributed by atoms with E-state index in [1.54, 1.807) is 12.1 Å². The first-order valence-corrected chi connectivity index (χ1v) is 17.6. The van der Waals surface area contributed by atoms with Crippen LogP contribution in [-0.4, -0.2) is 64.5 Å². The number of carbonyl (C=O) groups excluding carboxylic acids is 2. The van der Waals surface area contributed by atoms with Gasteiger partial charge in [0.2, 0.25) is 5.60 Å². The number of phenols is 1. The molecule has 4 heterocycles. The van der Waals surface area contributed by atoms with Crippen molar-refractivity contribution in [3.8, 4) is 28.3 Å². The van der Waals surface area contributed by atoms with Crippen LogP contribution in [0, 0.1) is 40.5 Å². The average Bonchev–Trinajstić information content (AvgIpc) is 3.72. The van der Waals surface area contributed by atoms with Gasteiger partial charge in [-0.25, -0.2) is 14.6 Å². The van der Waals surface area contributed by atoms with E-state index in [0.717, 1.165) is 17.2 Å². The van der Waals surface area contributed by atoms with Gasteiger partial charge in [-0.2, -0.15) is 5.06 Å². The summed E-state index contributed by atoms with van der Waals surface area (Å²) in [5.41, 5.74) is -5.47. The van der Waals surface area contributed by atoms with Gasteiger partial charge >= 0.3 is 11.9 Å². The average molecular weight is 810 g/mol. The fraction of sp³-hybridized carbons (Fsp3) is 0.243. The van der Waals surface area contributed by atoms with E-state index in [2.05, 4.69) is 0 Å². The predicted octanol–water partition coefficient (Wildman–Crippen LogP) is 4.99. The molecule has 0 saturated carbocycles. The second kappa shape index (κ2) is 13.5. The maximum absolute atomic E-state index is 14.0. The number of non-ortho nitro benzene ring substituents is 2. The number of nitrogens with zero attached hydrogens (tertiary/aromatic N) is 7. The van der Waals surface area contributed by atoms with E-state index in [0.29, 0.717) is 40.0 Å². The number of benzene rings is 3. The molecule has 2 aromatic heterocycles. The van der Waals surface area contributed by atoms with E-state index in [4.69, 9.17) is 19.3 Å². The molecule has 8 rings (SSSR count). The number of pyridine rings is 2. The molecule has 0 unspecified atom stereocenters. The normalized spacial score (nSPS) is 16.7. The Bertz CT molecular complexity index is 2780. The number of nitro groups is 4. The minimum absolute atomic E-state index is 0.0239. The SMILES string of the molecule is CC[C@@]1(OC(=O)[C@@H](C)ON(C)C2c3cc([N+](=O)[O-])cc([N+](=O)[O-])c3-c3c2cc([N+](=O)[O-])cc3[N+](=O)[O-])C(=O)OCc2c1cc1n(c2=O)Cc2cc3cc(O)ccc3nc2-1. The fourth-order valence-corrected chi connectivity index (χ4v) is 8.04. The number of cyclic esters (lactones) is 1. The molecule has 0 fully saturated rings. The summed E-state index contributed by atoms with van der Waals surface area (Å²) >= 11 is 0. The van der Waals surface area contributed by atoms with Crippen LogP contribution in [0.4, 0.5) is 22.7 Å². The highest BCUT2D eigenvalue weighted by Crippen LogP contribution is 2.55. The van der Waals surface area contributed by atoms with E-state index < -0.39 is 95.4 Å².